The first-order valence-electron chi connectivity index (χ1n) is 5.94. The summed E-state index contributed by atoms with van der Waals surface area (Å²) in [4.78, 5) is 0. The SMILES string of the molecule is CCC(C#N)NCC1(SC)CCCCC1. The number of hydrogen-bond donors (Lipinski definition) is 1. The molecule has 1 N–H and O–H groups in total. The third kappa shape index (κ3) is 3.70. The molecule has 1 atom stereocenters. The van der Waals surface area contributed by atoms with Crippen LogP contribution in [-0.4, -0.2) is 23.6 Å². The molecule has 15 heavy (non-hydrogen) atoms. The van der Waals surface area contributed by atoms with Crippen molar-refractivity contribution < 1.29 is 0 Å². The summed E-state index contributed by atoms with van der Waals surface area (Å²) in [5, 5.41) is 12.3. The molecule has 86 valence electrons. The zero-order valence-corrected chi connectivity index (χ0v) is 10.7. The Hall–Kier alpha value is -0.200. The topological polar surface area (TPSA) is 35.8 Å². The molecule has 0 aromatic carbocycles. The lowest BCUT2D eigenvalue weighted by molar-refractivity contribution is 0.371. The van der Waals surface area contributed by atoms with Gasteiger partial charge in [0.2, 0.25) is 0 Å². The van der Waals surface area contributed by atoms with E-state index in [0.717, 1.165) is 13.0 Å². The van der Waals surface area contributed by atoms with Crippen LogP contribution in [0.3, 0.4) is 0 Å². The van der Waals surface area contributed by atoms with Gasteiger partial charge in [-0.15, -0.1) is 0 Å². The molecule has 0 heterocycles. The Labute approximate surface area is 97.8 Å². The van der Waals surface area contributed by atoms with Crippen LogP contribution in [0.25, 0.3) is 0 Å². The molecule has 2 nitrogen and oxygen atoms in total. The molecule has 0 aromatic heterocycles. The lowest BCUT2D eigenvalue weighted by Gasteiger charge is -2.36. The average Bonchev–Trinajstić information content (AvgIpc) is 2.31. The molecular formula is C12H22N2S. The van der Waals surface area contributed by atoms with E-state index in [9.17, 15) is 0 Å². The third-order valence-corrected chi connectivity index (χ3v) is 4.85. The van der Waals surface area contributed by atoms with Crippen LogP contribution in [0.15, 0.2) is 0 Å². The first-order valence-corrected chi connectivity index (χ1v) is 7.17. The van der Waals surface area contributed by atoms with Crippen molar-refractivity contribution in [3.63, 3.8) is 0 Å². The molecule has 1 rings (SSSR count). The number of rotatable bonds is 5. The van der Waals surface area contributed by atoms with Crippen LogP contribution >= 0.6 is 11.8 Å². The van der Waals surface area contributed by atoms with Crippen LogP contribution in [0.5, 0.6) is 0 Å². The summed E-state index contributed by atoms with van der Waals surface area (Å²) in [6.45, 7) is 3.06. The van der Waals surface area contributed by atoms with Crippen molar-refractivity contribution >= 4 is 11.8 Å². The molecule has 1 aliphatic carbocycles. The van der Waals surface area contributed by atoms with Crippen molar-refractivity contribution in [2.45, 2.75) is 56.2 Å². The maximum atomic E-state index is 8.89. The molecule has 1 fully saturated rings. The van der Waals surface area contributed by atoms with Gasteiger partial charge in [-0.1, -0.05) is 26.2 Å². The van der Waals surface area contributed by atoms with Crippen molar-refractivity contribution in [1.82, 2.24) is 5.32 Å². The molecule has 0 saturated heterocycles. The number of hydrogen-bond acceptors (Lipinski definition) is 3. The van der Waals surface area contributed by atoms with Crippen LogP contribution in [0.1, 0.15) is 45.4 Å². The third-order valence-electron chi connectivity index (χ3n) is 3.43. The smallest absolute Gasteiger partial charge is 0.0950 e. The Morgan fingerprint density at radius 3 is 2.53 bits per heavy atom. The molecule has 3 heteroatoms. The van der Waals surface area contributed by atoms with E-state index < -0.39 is 0 Å². The zero-order valence-electron chi connectivity index (χ0n) is 9.88. The van der Waals surface area contributed by atoms with E-state index in [1.54, 1.807) is 0 Å². The predicted octanol–water partition coefficient (Wildman–Crippen LogP) is 2.94. The highest BCUT2D eigenvalue weighted by molar-refractivity contribution is 8.00. The van der Waals surface area contributed by atoms with E-state index >= 15 is 0 Å². The summed E-state index contributed by atoms with van der Waals surface area (Å²) < 4.78 is 0.405. The van der Waals surface area contributed by atoms with Gasteiger partial charge in [0.15, 0.2) is 0 Å². The fourth-order valence-electron chi connectivity index (χ4n) is 2.24. The van der Waals surface area contributed by atoms with Gasteiger partial charge in [0.05, 0.1) is 12.1 Å². The molecule has 1 unspecified atom stereocenters. The highest BCUT2D eigenvalue weighted by Gasteiger charge is 2.31. The normalized spacial score (nSPS) is 21.9. The van der Waals surface area contributed by atoms with Crippen LogP contribution in [-0.2, 0) is 0 Å². The second-order valence-electron chi connectivity index (χ2n) is 4.42. The highest BCUT2D eigenvalue weighted by Crippen LogP contribution is 2.37. The Bertz CT molecular complexity index is 216. The van der Waals surface area contributed by atoms with Crippen LogP contribution in [0, 0.1) is 11.3 Å². The molecule has 1 saturated carbocycles. The van der Waals surface area contributed by atoms with Crippen LogP contribution in [0.4, 0.5) is 0 Å². The molecule has 0 spiro atoms. The largest absolute Gasteiger partial charge is 0.301 e. The molecular weight excluding hydrogens is 204 g/mol. The number of nitriles is 1. The standard InChI is InChI=1S/C12H22N2S/c1-3-11(9-13)14-10-12(15-2)7-5-4-6-8-12/h11,14H,3-8,10H2,1-2H3. The number of nitrogens with zero attached hydrogens (tertiary/aromatic N) is 1. The fraction of sp³-hybridized carbons (Fsp3) is 0.917. The lowest BCUT2D eigenvalue weighted by Crippen LogP contribution is -2.42. The van der Waals surface area contributed by atoms with Gasteiger partial charge in [-0.05, 0) is 25.5 Å². The van der Waals surface area contributed by atoms with Gasteiger partial charge in [0.25, 0.3) is 0 Å². The van der Waals surface area contributed by atoms with E-state index in [2.05, 4.69) is 24.6 Å². The van der Waals surface area contributed by atoms with Crippen molar-refractivity contribution in [3.05, 3.63) is 0 Å². The molecule has 0 amide bonds. The van der Waals surface area contributed by atoms with Gasteiger partial charge in [0.1, 0.15) is 0 Å². The van der Waals surface area contributed by atoms with Gasteiger partial charge in [-0.25, -0.2) is 0 Å². The second-order valence-corrected chi connectivity index (χ2v) is 5.69. The first-order chi connectivity index (χ1) is 7.26. The molecule has 0 aromatic rings. The minimum Gasteiger partial charge on any atom is -0.301 e. The Balaban J connectivity index is 2.42. The van der Waals surface area contributed by atoms with Gasteiger partial charge < -0.3 is 5.32 Å². The van der Waals surface area contributed by atoms with Crippen LogP contribution in [0.2, 0.25) is 0 Å². The van der Waals surface area contributed by atoms with E-state index in [1.165, 1.54) is 32.1 Å². The minimum absolute atomic E-state index is 0.0379. The molecule has 0 bridgehead atoms. The van der Waals surface area contributed by atoms with Gasteiger partial charge in [-0.2, -0.15) is 17.0 Å². The van der Waals surface area contributed by atoms with E-state index in [1.807, 2.05) is 11.8 Å². The van der Waals surface area contributed by atoms with Crippen molar-refractivity contribution in [3.8, 4) is 6.07 Å². The summed E-state index contributed by atoms with van der Waals surface area (Å²) in [6.07, 6.45) is 9.82. The maximum Gasteiger partial charge on any atom is 0.0950 e. The Kier molecular flexibility index (Phi) is 5.49. The van der Waals surface area contributed by atoms with Crippen molar-refractivity contribution in [2.24, 2.45) is 0 Å². The minimum atomic E-state index is 0.0379. The number of thioether (sulfide) groups is 1. The summed E-state index contributed by atoms with van der Waals surface area (Å²) in [5.74, 6) is 0. The molecule has 0 aliphatic heterocycles. The summed E-state index contributed by atoms with van der Waals surface area (Å²) in [7, 11) is 0. The maximum absolute atomic E-state index is 8.89. The summed E-state index contributed by atoms with van der Waals surface area (Å²) >= 11 is 1.98. The molecule has 0 radical (unpaired) electrons. The molecule has 1 aliphatic rings. The summed E-state index contributed by atoms with van der Waals surface area (Å²) in [6, 6.07) is 2.35. The predicted molar refractivity (Wildman–Crippen MR) is 67.0 cm³/mol. The van der Waals surface area contributed by atoms with Crippen molar-refractivity contribution in [1.29, 1.82) is 5.26 Å². The highest BCUT2D eigenvalue weighted by atomic mass is 32.2. The van der Waals surface area contributed by atoms with Gasteiger partial charge >= 0.3 is 0 Å². The van der Waals surface area contributed by atoms with E-state index in [4.69, 9.17) is 5.26 Å². The van der Waals surface area contributed by atoms with Crippen LogP contribution < -0.4 is 5.32 Å². The quantitative estimate of drug-likeness (QED) is 0.783. The zero-order chi connectivity index (χ0) is 11.1. The van der Waals surface area contributed by atoms with E-state index in [-0.39, 0.29) is 6.04 Å². The van der Waals surface area contributed by atoms with E-state index in [0.29, 0.717) is 4.75 Å². The Morgan fingerprint density at radius 2 is 2.07 bits per heavy atom. The number of nitrogens with one attached hydrogen (secondary N) is 1. The van der Waals surface area contributed by atoms with Gasteiger partial charge in [-0.3, -0.25) is 0 Å². The first kappa shape index (κ1) is 12.9. The van der Waals surface area contributed by atoms with Gasteiger partial charge in [0, 0.05) is 11.3 Å². The Morgan fingerprint density at radius 1 is 1.40 bits per heavy atom. The van der Waals surface area contributed by atoms with Crippen molar-refractivity contribution in [2.75, 3.05) is 12.8 Å². The second kappa shape index (κ2) is 6.40. The fourth-order valence-corrected chi connectivity index (χ4v) is 3.16. The lowest BCUT2D eigenvalue weighted by atomic mass is 9.88. The monoisotopic (exact) mass is 226 g/mol. The summed E-state index contributed by atoms with van der Waals surface area (Å²) in [5.41, 5.74) is 0. The average molecular weight is 226 g/mol.